The first-order valence-electron chi connectivity index (χ1n) is 16.8. The highest BCUT2D eigenvalue weighted by Gasteiger charge is 2.19. The van der Waals surface area contributed by atoms with Gasteiger partial charge < -0.3 is 13.6 Å². The van der Waals surface area contributed by atoms with Crippen LogP contribution in [0.2, 0.25) is 0 Å². The molecule has 0 spiro atoms. The summed E-state index contributed by atoms with van der Waals surface area (Å²) in [5, 5.41) is 9.69. The highest BCUT2D eigenvalue weighted by atomic mass is 16.3. The van der Waals surface area contributed by atoms with Crippen LogP contribution < -0.4 is 0 Å². The minimum atomic E-state index is 0.904. The van der Waals surface area contributed by atoms with Crippen LogP contribution in [0.3, 0.4) is 0 Å². The molecule has 49 heavy (non-hydrogen) atoms. The van der Waals surface area contributed by atoms with Gasteiger partial charge in [0.05, 0.1) is 27.8 Å². The summed E-state index contributed by atoms with van der Waals surface area (Å²) in [5.74, 6) is 0. The summed E-state index contributed by atoms with van der Waals surface area (Å²) in [6.45, 7) is 0. The first kappa shape index (κ1) is 26.5. The van der Waals surface area contributed by atoms with Crippen LogP contribution in [-0.4, -0.2) is 9.13 Å². The number of para-hydroxylation sites is 4. The van der Waals surface area contributed by atoms with Crippen LogP contribution in [0, 0.1) is 0 Å². The Kier molecular flexibility index (Phi) is 5.38. The second kappa shape index (κ2) is 9.96. The topological polar surface area (TPSA) is 23.0 Å². The predicted molar refractivity (Wildman–Crippen MR) is 205 cm³/mol. The molecule has 228 valence electrons. The Hall–Kier alpha value is -6.58. The van der Waals surface area contributed by atoms with Crippen LogP contribution in [-0.2, 0) is 0 Å². The van der Waals surface area contributed by atoms with Crippen molar-refractivity contribution in [2.75, 3.05) is 0 Å². The van der Waals surface area contributed by atoms with Crippen molar-refractivity contribution in [3.05, 3.63) is 170 Å². The zero-order valence-corrected chi connectivity index (χ0v) is 26.5. The van der Waals surface area contributed by atoms with Gasteiger partial charge in [-0.1, -0.05) is 109 Å². The van der Waals surface area contributed by atoms with E-state index in [-0.39, 0.29) is 0 Å². The van der Waals surface area contributed by atoms with Gasteiger partial charge in [0, 0.05) is 38.0 Å². The summed E-state index contributed by atoms with van der Waals surface area (Å²) in [7, 11) is 0. The van der Waals surface area contributed by atoms with Crippen molar-refractivity contribution in [2.45, 2.75) is 0 Å². The van der Waals surface area contributed by atoms with Crippen molar-refractivity contribution in [3.8, 4) is 22.5 Å². The van der Waals surface area contributed by atoms with Crippen LogP contribution in [0.1, 0.15) is 0 Å². The van der Waals surface area contributed by atoms with Crippen molar-refractivity contribution >= 4 is 76.3 Å². The van der Waals surface area contributed by atoms with Gasteiger partial charge in [-0.3, -0.25) is 0 Å². The number of furan rings is 1. The van der Waals surface area contributed by atoms with Gasteiger partial charge >= 0.3 is 0 Å². The number of hydrogen-bond donors (Lipinski definition) is 0. The number of fused-ring (bicyclic) bond motifs is 11. The lowest BCUT2D eigenvalue weighted by Gasteiger charge is -2.10. The largest absolute Gasteiger partial charge is 0.454 e. The van der Waals surface area contributed by atoms with Crippen molar-refractivity contribution in [3.63, 3.8) is 0 Å². The fourth-order valence-electron chi connectivity index (χ4n) is 8.15. The molecule has 3 heteroatoms. The average molecular weight is 625 g/mol. The molecule has 0 unspecified atom stereocenters. The fourth-order valence-corrected chi connectivity index (χ4v) is 8.15. The van der Waals surface area contributed by atoms with Gasteiger partial charge in [-0.15, -0.1) is 0 Å². The summed E-state index contributed by atoms with van der Waals surface area (Å²) in [5.41, 5.74) is 11.2. The Morgan fingerprint density at radius 1 is 0.367 bits per heavy atom. The molecule has 3 aromatic heterocycles. The van der Waals surface area contributed by atoms with Crippen LogP contribution in [0.4, 0.5) is 0 Å². The van der Waals surface area contributed by atoms with E-state index in [1.807, 2.05) is 0 Å². The summed E-state index contributed by atoms with van der Waals surface area (Å²) in [6.07, 6.45) is 0. The number of nitrogens with zero attached hydrogens (tertiary/aromatic N) is 2. The first-order chi connectivity index (χ1) is 24.3. The maximum absolute atomic E-state index is 6.69. The van der Waals surface area contributed by atoms with Crippen molar-refractivity contribution in [1.82, 2.24) is 9.13 Å². The van der Waals surface area contributed by atoms with Crippen LogP contribution in [0.5, 0.6) is 0 Å². The summed E-state index contributed by atoms with van der Waals surface area (Å²) < 4.78 is 11.4. The molecule has 0 bridgehead atoms. The van der Waals surface area contributed by atoms with Gasteiger partial charge in [-0.25, -0.2) is 0 Å². The minimum absolute atomic E-state index is 0.904. The Morgan fingerprint density at radius 3 is 1.67 bits per heavy atom. The summed E-state index contributed by atoms with van der Waals surface area (Å²) in [6, 6.07) is 61.2. The second-order valence-electron chi connectivity index (χ2n) is 12.9. The average Bonchev–Trinajstić information content (AvgIpc) is 3.83. The van der Waals surface area contributed by atoms with Crippen molar-refractivity contribution in [1.29, 1.82) is 0 Å². The van der Waals surface area contributed by atoms with Gasteiger partial charge in [0.1, 0.15) is 5.58 Å². The molecule has 0 fully saturated rings. The Labute approximate surface area is 281 Å². The standard InChI is InChI=1S/C46H28N2O/c1-2-12-32(13-3-1)47-39-18-8-6-15-34(39)37-27-30(21-24-41(37)47)31-22-25-42-38(28-31)35-16-7-9-19-40(35)48(42)43-20-10-17-36-45-33-14-5-4-11-29(33)23-26-44(45)49-46(36)43/h1-28H. The third-order valence-corrected chi connectivity index (χ3v) is 10.3. The highest BCUT2D eigenvalue weighted by Crippen LogP contribution is 2.42. The normalized spacial score (nSPS) is 12.1. The quantitative estimate of drug-likeness (QED) is 0.192. The van der Waals surface area contributed by atoms with Crippen molar-refractivity contribution < 1.29 is 4.42 Å². The van der Waals surface area contributed by atoms with E-state index in [9.17, 15) is 0 Å². The van der Waals surface area contributed by atoms with Gasteiger partial charge in [-0.05, 0) is 82.6 Å². The fraction of sp³-hybridized carbons (Fsp3) is 0. The van der Waals surface area contributed by atoms with Crippen LogP contribution in [0.25, 0.3) is 98.8 Å². The predicted octanol–water partition coefficient (Wildman–Crippen LogP) is 12.6. The van der Waals surface area contributed by atoms with E-state index < -0.39 is 0 Å². The monoisotopic (exact) mass is 624 g/mol. The van der Waals surface area contributed by atoms with Crippen LogP contribution in [0.15, 0.2) is 174 Å². The summed E-state index contributed by atoms with van der Waals surface area (Å²) >= 11 is 0. The van der Waals surface area contributed by atoms with E-state index in [2.05, 4.69) is 179 Å². The SMILES string of the molecule is c1ccc(-n2c3ccccc3c3cc(-c4ccc5c(c4)c4ccccc4n5-c4cccc5c4oc4ccc6ccccc6c45)ccc32)cc1. The number of benzene rings is 8. The van der Waals surface area contributed by atoms with Gasteiger partial charge in [0.15, 0.2) is 5.58 Å². The van der Waals surface area contributed by atoms with E-state index >= 15 is 0 Å². The summed E-state index contributed by atoms with van der Waals surface area (Å²) in [4.78, 5) is 0. The molecule has 11 aromatic rings. The number of aromatic nitrogens is 2. The molecule has 3 heterocycles. The van der Waals surface area contributed by atoms with Gasteiger partial charge in [0.25, 0.3) is 0 Å². The van der Waals surface area contributed by atoms with Crippen molar-refractivity contribution in [2.24, 2.45) is 0 Å². The molecule has 0 aliphatic carbocycles. The zero-order chi connectivity index (χ0) is 32.1. The minimum Gasteiger partial charge on any atom is -0.454 e. The van der Waals surface area contributed by atoms with E-state index in [1.165, 1.54) is 65.6 Å². The molecule has 0 amide bonds. The molecule has 0 N–H and O–H groups in total. The molecule has 0 saturated heterocycles. The lowest BCUT2D eigenvalue weighted by molar-refractivity contribution is 0.666. The van der Waals surface area contributed by atoms with E-state index in [4.69, 9.17) is 4.42 Å². The number of hydrogen-bond acceptors (Lipinski definition) is 1. The van der Waals surface area contributed by atoms with Gasteiger partial charge in [0.2, 0.25) is 0 Å². The molecule has 0 aliphatic heterocycles. The highest BCUT2D eigenvalue weighted by molar-refractivity contribution is 6.21. The molecule has 0 radical (unpaired) electrons. The van der Waals surface area contributed by atoms with Crippen LogP contribution >= 0.6 is 0 Å². The third-order valence-electron chi connectivity index (χ3n) is 10.3. The zero-order valence-electron chi connectivity index (χ0n) is 26.5. The Balaban J connectivity index is 1.13. The lowest BCUT2D eigenvalue weighted by Crippen LogP contribution is -1.94. The molecular formula is C46H28N2O. The smallest absolute Gasteiger partial charge is 0.159 e. The van der Waals surface area contributed by atoms with Gasteiger partial charge in [-0.2, -0.15) is 0 Å². The lowest BCUT2D eigenvalue weighted by atomic mass is 10.0. The van der Waals surface area contributed by atoms with E-state index in [1.54, 1.807) is 0 Å². The molecule has 0 saturated carbocycles. The molecular weight excluding hydrogens is 597 g/mol. The third kappa shape index (κ3) is 3.73. The molecule has 3 nitrogen and oxygen atoms in total. The maximum atomic E-state index is 6.69. The Morgan fingerprint density at radius 2 is 0.939 bits per heavy atom. The maximum Gasteiger partial charge on any atom is 0.159 e. The Bertz CT molecular complexity index is 3100. The van der Waals surface area contributed by atoms with E-state index in [0.717, 1.165) is 33.3 Å². The molecule has 0 aliphatic rings. The first-order valence-corrected chi connectivity index (χ1v) is 16.8. The molecule has 8 aromatic carbocycles. The molecule has 11 rings (SSSR count). The number of rotatable bonds is 3. The second-order valence-corrected chi connectivity index (χ2v) is 12.9. The van der Waals surface area contributed by atoms with E-state index in [0.29, 0.717) is 0 Å². The molecule has 0 atom stereocenters.